The highest BCUT2D eigenvalue weighted by Gasteiger charge is 2.53. The molecule has 0 unspecified atom stereocenters. The number of halogens is 1. The van der Waals surface area contributed by atoms with Crippen molar-refractivity contribution in [3.05, 3.63) is 48.1 Å². The van der Waals surface area contributed by atoms with Crippen molar-refractivity contribution in [3.8, 4) is 0 Å². The minimum absolute atomic E-state index is 0.0496. The third kappa shape index (κ3) is 4.21. The van der Waals surface area contributed by atoms with Gasteiger partial charge < -0.3 is 25.6 Å². The lowest BCUT2D eigenvalue weighted by molar-refractivity contribution is -0.137. The van der Waals surface area contributed by atoms with E-state index in [-0.39, 0.29) is 35.4 Å². The van der Waals surface area contributed by atoms with Crippen molar-refractivity contribution < 1.29 is 19.1 Å². The fourth-order valence-corrected chi connectivity index (χ4v) is 6.48. The highest BCUT2D eigenvalue weighted by Crippen LogP contribution is 2.45. The summed E-state index contributed by atoms with van der Waals surface area (Å²) in [5.41, 5.74) is 1.97. The van der Waals surface area contributed by atoms with Crippen LogP contribution in [0.5, 0.6) is 0 Å². The van der Waals surface area contributed by atoms with E-state index in [1.165, 1.54) is 37.8 Å². The number of fused-ring (bicyclic) bond motifs is 2. The summed E-state index contributed by atoms with van der Waals surface area (Å²) in [4.78, 5) is 33.7. The Bertz CT molecular complexity index is 1130. The minimum atomic E-state index is -1.04. The summed E-state index contributed by atoms with van der Waals surface area (Å²) < 4.78 is 13.8. The summed E-state index contributed by atoms with van der Waals surface area (Å²) in [5, 5.41) is 16.2. The Morgan fingerprint density at radius 1 is 1.29 bits per heavy atom. The molecule has 2 saturated heterocycles. The van der Waals surface area contributed by atoms with E-state index in [4.69, 9.17) is 0 Å². The molecule has 3 heterocycles. The van der Waals surface area contributed by atoms with E-state index in [0.29, 0.717) is 12.6 Å². The van der Waals surface area contributed by atoms with Gasteiger partial charge in [0.25, 0.3) is 5.91 Å². The molecule has 3 fully saturated rings. The number of benzene rings is 1. The molecule has 5 rings (SSSR count). The molecule has 2 amide bonds. The lowest BCUT2D eigenvalue weighted by Crippen LogP contribution is -2.54. The number of aromatic nitrogens is 1. The number of aromatic amines is 1. The topological polar surface area (TPSA) is 101 Å². The highest BCUT2D eigenvalue weighted by molar-refractivity contribution is 5.96. The molecule has 1 aromatic heterocycles. The fraction of sp³-hybridized carbons (Fsp3) is 0.538. The van der Waals surface area contributed by atoms with Crippen LogP contribution in [0.15, 0.2) is 36.7 Å². The number of likely N-dealkylation sites (N-methyl/N-ethyl adjacent to an activating group) is 1. The number of carbonyl (C=O) groups excluding carboxylic acids is 2. The smallest absolute Gasteiger partial charge is 0.267 e. The number of carbonyl (C=O) groups is 2. The molecule has 9 heteroatoms. The maximum atomic E-state index is 13.8. The number of aliphatic hydroxyl groups is 1. The Hall–Kier alpha value is -2.91. The third-order valence-electron chi connectivity index (χ3n) is 8.18. The van der Waals surface area contributed by atoms with Gasteiger partial charge >= 0.3 is 0 Å². The van der Waals surface area contributed by atoms with E-state index < -0.39 is 18.6 Å². The molecule has 1 saturated carbocycles. The van der Waals surface area contributed by atoms with Crippen molar-refractivity contribution in [3.63, 3.8) is 0 Å². The Kier molecular flexibility index (Phi) is 6.55. The van der Waals surface area contributed by atoms with Crippen molar-refractivity contribution in [1.29, 1.82) is 0 Å². The first-order chi connectivity index (χ1) is 16.9. The van der Waals surface area contributed by atoms with Crippen LogP contribution in [0.25, 0.3) is 10.9 Å². The van der Waals surface area contributed by atoms with E-state index in [1.807, 2.05) is 17.2 Å². The molecular formula is C26H34FN5O3. The molecule has 0 spiro atoms. The number of aliphatic hydroxyl groups excluding tert-OH is 1. The molecule has 8 nitrogen and oxygen atoms in total. The largest absolute Gasteiger partial charge is 0.394 e. The molecule has 0 bridgehead atoms. The maximum absolute atomic E-state index is 13.8. The summed E-state index contributed by atoms with van der Waals surface area (Å²) in [6.45, 7) is 4.56. The van der Waals surface area contributed by atoms with Gasteiger partial charge in [-0.2, -0.15) is 0 Å². The highest BCUT2D eigenvalue weighted by atomic mass is 19.1. The number of rotatable bonds is 7. The van der Waals surface area contributed by atoms with Gasteiger partial charge in [0.2, 0.25) is 5.91 Å². The predicted octanol–water partition coefficient (Wildman–Crippen LogP) is 1.83. The lowest BCUT2D eigenvalue weighted by Gasteiger charge is -2.32. The molecule has 2 aliphatic heterocycles. The minimum Gasteiger partial charge on any atom is -0.394 e. The molecular weight excluding hydrogens is 449 g/mol. The average Bonchev–Trinajstić information content (AvgIpc) is 3.65. The van der Waals surface area contributed by atoms with Crippen LogP contribution in [-0.4, -0.2) is 82.6 Å². The molecule has 35 heavy (non-hydrogen) atoms. The second kappa shape index (κ2) is 9.62. The quantitative estimate of drug-likeness (QED) is 0.450. The molecule has 4 atom stereocenters. The third-order valence-corrected chi connectivity index (χ3v) is 8.18. The monoisotopic (exact) mass is 483 g/mol. The molecule has 2 aromatic rings. The van der Waals surface area contributed by atoms with Gasteiger partial charge in [-0.3, -0.25) is 14.5 Å². The molecule has 1 aliphatic carbocycles. The first-order valence-corrected chi connectivity index (χ1v) is 12.5. The van der Waals surface area contributed by atoms with Crippen molar-refractivity contribution in [2.24, 2.45) is 0 Å². The number of H-pyrrole nitrogens is 1. The average molecular weight is 484 g/mol. The van der Waals surface area contributed by atoms with Crippen LogP contribution in [-0.2, 0) is 9.59 Å². The van der Waals surface area contributed by atoms with E-state index in [0.717, 1.165) is 29.4 Å². The Balaban J connectivity index is 1.46. The summed E-state index contributed by atoms with van der Waals surface area (Å²) in [5.74, 6) is -1.02. The van der Waals surface area contributed by atoms with Crippen LogP contribution < -0.4 is 10.6 Å². The molecule has 188 valence electrons. The van der Waals surface area contributed by atoms with Crippen molar-refractivity contribution in [2.45, 2.75) is 62.2 Å². The number of likely N-dealkylation sites (tertiary alicyclic amines) is 2. The second-order valence-corrected chi connectivity index (χ2v) is 9.99. The van der Waals surface area contributed by atoms with Crippen LogP contribution in [0.3, 0.4) is 0 Å². The standard InChI is InChI=1S/C26H34FN5O3/c1-15(28-2)25(34)30-22(14-33)26(35)31-10-9-23-24(31)20(13-32(23)17-5-3-4-6-17)19-12-29-21-11-16(27)7-8-18(19)21/h7-8,11-12,17,20,22-24,28-29,33H,1,3-6,9-10,13-14H2,2H3,(H,30,34)/t20-,22+,23-,24-/m1/s1. The van der Waals surface area contributed by atoms with E-state index in [2.05, 4.69) is 27.1 Å². The van der Waals surface area contributed by atoms with Crippen molar-refractivity contribution in [2.75, 3.05) is 26.7 Å². The first kappa shape index (κ1) is 23.8. The van der Waals surface area contributed by atoms with Gasteiger partial charge in [-0.15, -0.1) is 0 Å². The summed E-state index contributed by atoms with van der Waals surface area (Å²) in [7, 11) is 1.58. The van der Waals surface area contributed by atoms with Crippen LogP contribution in [0, 0.1) is 5.82 Å². The normalized spacial score (nSPS) is 25.7. The molecule has 1 aromatic carbocycles. The second-order valence-electron chi connectivity index (χ2n) is 9.99. The van der Waals surface area contributed by atoms with Gasteiger partial charge in [0.15, 0.2) is 0 Å². The summed E-state index contributed by atoms with van der Waals surface area (Å²) >= 11 is 0. The van der Waals surface area contributed by atoms with Gasteiger partial charge in [0.05, 0.1) is 18.3 Å². The number of hydrogen-bond acceptors (Lipinski definition) is 5. The SMILES string of the molecule is C=C(NC)C(=O)N[C@@H](CO)C(=O)N1CC[C@@H]2[C@H]1[C@@H](c1c[nH]c3cc(F)ccc13)CN2C1CCCC1. The van der Waals surface area contributed by atoms with Gasteiger partial charge in [0, 0.05) is 55.2 Å². The van der Waals surface area contributed by atoms with Crippen LogP contribution >= 0.6 is 0 Å². The summed E-state index contributed by atoms with van der Waals surface area (Å²) in [6, 6.07) is 4.41. The molecule has 4 N–H and O–H groups in total. The zero-order valence-electron chi connectivity index (χ0n) is 20.1. The summed E-state index contributed by atoms with van der Waals surface area (Å²) in [6.07, 6.45) is 7.61. The maximum Gasteiger partial charge on any atom is 0.267 e. The van der Waals surface area contributed by atoms with Crippen LogP contribution in [0.1, 0.15) is 43.6 Å². The number of nitrogens with zero attached hydrogens (tertiary/aromatic N) is 2. The Morgan fingerprint density at radius 3 is 2.77 bits per heavy atom. The van der Waals surface area contributed by atoms with E-state index in [1.54, 1.807) is 7.05 Å². The number of nitrogens with one attached hydrogen (secondary N) is 3. The molecule has 3 aliphatic rings. The van der Waals surface area contributed by atoms with Crippen molar-refractivity contribution >= 4 is 22.7 Å². The Morgan fingerprint density at radius 2 is 2.06 bits per heavy atom. The molecule has 0 radical (unpaired) electrons. The lowest BCUT2D eigenvalue weighted by atomic mass is 9.91. The van der Waals surface area contributed by atoms with Gasteiger partial charge in [-0.1, -0.05) is 19.4 Å². The van der Waals surface area contributed by atoms with Crippen molar-refractivity contribution in [1.82, 2.24) is 25.4 Å². The number of hydrogen-bond donors (Lipinski definition) is 4. The zero-order valence-corrected chi connectivity index (χ0v) is 20.1. The van der Waals surface area contributed by atoms with Crippen LogP contribution in [0.4, 0.5) is 4.39 Å². The van der Waals surface area contributed by atoms with Gasteiger partial charge in [0.1, 0.15) is 11.9 Å². The van der Waals surface area contributed by atoms with Gasteiger partial charge in [-0.05, 0) is 43.0 Å². The zero-order chi connectivity index (χ0) is 24.7. The fourth-order valence-electron chi connectivity index (χ4n) is 6.48. The van der Waals surface area contributed by atoms with E-state index >= 15 is 0 Å². The number of amides is 2. The Labute approximate surface area is 204 Å². The first-order valence-electron chi connectivity index (χ1n) is 12.5. The van der Waals surface area contributed by atoms with Crippen LogP contribution in [0.2, 0.25) is 0 Å². The predicted molar refractivity (Wildman–Crippen MR) is 131 cm³/mol. The van der Waals surface area contributed by atoms with Gasteiger partial charge in [-0.25, -0.2) is 4.39 Å². The van der Waals surface area contributed by atoms with E-state index in [9.17, 15) is 19.1 Å².